The second-order valence-corrected chi connectivity index (χ2v) is 6.11. The van der Waals surface area contributed by atoms with E-state index in [1.54, 1.807) is 0 Å². The first kappa shape index (κ1) is 15.9. The van der Waals surface area contributed by atoms with Gasteiger partial charge in [0.05, 0.1) is 6.61 Å². The Hall–Kier alpha value is -0.520. The van der Waals surface area contributed by atoms with Gasteiger partial charge in [0.15, 0.2) is 0 Å². The Morgan fingerprint density at radius 1 is 1.40 bits per heavy atom. The minimum atomic E-state index is -0.504. The van der Waals surface area contributed by atoms with E-state index in [0.29, 0.717) is 11.1 Å². The van der Waals surface area contributed by atoms with Gasteiger partial charge in [-0.15, -0.1) is 0 Å². The number of ether oxygens (including phenoxy) is 1. The molecular formula is C15H20BrF2NO. The monoisotopic (exact) mass is 347 g/mol. The van der Waals surface area contributed by atoms with E-state index in [0.717, 1.165) is 32.4 Å². The number of rotatable bonds is 5. The van der Waals surface area contributed by atoms with Crippen molar-refractivity contribution in [2.45, 2.75) is 32.2 Å². The molecule has 1 aromatic rings. The van der Waals surface area contributed by atoms with E-state index in [1.165, 1.54) is 12.1 Å². The maximum atomic E-state index is 14.2. The molecular weight excluding hydrogens is 328 g/mol. The Bertz CT molecular complexity index is 426. The molecule has 1 heterocycles. The summed E-state index contributed by atoms with van der Waals surface area (Å²) < 4.78 is 34.3. The van der Waals surface area contributed by atoms with Crippen LogP contribution in [-0.4, -0.2) is 19.8 Å². The van der Waals surface area contributed by atoms with Gasteiger partial charge in [-0.3, -0.25) is 0 Å². The van der Waals surface area contributed by atoms with Gasteiger partial charge in [0, 0.05) is 28.6 Å². The molecule has 0 bridgehead atoms. The van der Waals surface area contributed by atoms with Crippen LogP contribution in [0, 0.1) is 17.6 Å². The van der Waals surface area contributed by atoms with Crippen molar-refractivity contribution in [1.29, 1.82) is 0 Å². The minimum Gasteiger partial charge on any atom is -0.381 e. The summed E-state index contributed by atoms with van der Waals surface area (Å²) >= 11 is 3.12. The highest BCUT2D eigenvalue weighted by atomic mass is 79.9. The van der Waals surface area contributed by atoms with Crippen molar-refractivity contribution in [3.8, 4) is 0 Å². The van der Waals surface area contributed by atoms with Crippen LogP contribution in [0.3, 0.4) is 0 Å². The average Bonchev–Trinajstić information content (AvgIpc) is 2.42. The molecule has 2 atom stereocenters. The van der Waals surface area contributed by atoms with Crippen LogP contribution in [0.5, 0.6) is 0 Å². The highest BCUT2D eigenvalue weighted by Gasteiger charge is 2.29. The molecule has 1 N–H and O–H groups in total. The number of halogens is 3. The van der Waals surface area contributed by atoms with Gasteiger partial charge in [-0.05, 0) is 37.9 Å². The SMILES string of the molecule is CCCNC(c1c(F)cc(Br)cc1F)C1CCCOC1. The fourth-order valence-corrected chi connectivity index (χ4v) is 3.09. The zero-order valence-electron chi connectivity index (χ0n) is 11.6. The van der Waals surface area contributed by atoms with Crippen LogP contribution in [-0.2, 0) is 4.74 Å². The van der Waals surface area contributed by atoms with Crippen LogP contribution < -0.4 is 5.32 Å². The number of hydrogen-bond acceptors (Lipinski definition) is 2. The van der Waals surface area contributed by atoms with Crippen molar-refractivity contribution in [2.24, 2.45) is 5.92 Å². The number of nitrogens with one attached hydrogen (secondary N) is 1. The molecule has 0 radical (unpaired) electrons. The lowest BCUT2D eigenvalue weighted by Crippen LogP contribution is -2.35. The Labute approximate surface area is 127 Å². The molecule has 5 heteroatoms. The molecule has 1 aliphatic heterocycles. The highest BCUT2D eigenvalue weighted by Crippen LogP contribution is 2.33. The largest absolute Gasteiger partial charge is 0.381 e. The predicted molar refractivity (Wildman–Crippen MR) is 78.6 cm³/mol. The van der Waals surface area contributed by atoms with E-state index in [1.807, 2.05) is 6.92 Å². The standard InChI is InChI=1S/C15H20BrF2NO/c1-2-5-19-15(10-4-3-6-20-9-10)14-12(17)7-11(16)8-13(14)18/h7-8,10,15,19H,2-6,9H2,1H3. The van der Waals surface area contributed by atoms with Gasteiger partial charge in [-0.25, -0.2) is 8.78 Å². The molecule has 112 valence electrons. The van der Waals surface area contributed by atoms with E-state index < -0.39 is 11.6 Å². The molecule has 0 aromatic heterocycles. The molecule has 1 aliphatic rings. The van der Waals surface area contributed by atoms with Crippen molar-refractivity contribution in [3.05, 3.63) is 33.8 Å². The summed E-state index contributed by atoms with van der Waals surface area (Å²) in [6.07, 6.45) is 2.79. The second-order valence-electron chi connectivity index (χ2n) is 5.19. The summed E-state index contributed by atoms with van der Waals surface area (Å²) in [5.74, 6) is -0.896. The van der Waals surface area contributed by atoms with Crippen LogP contribution in [0.4, 0.5) is 8.78 Å². The molecule has 2 rings (SSSR count). The Balaban J connectivity index is 2.29. The van der Waals surface area contributed by atoms with Gasteiger partial charge in [-0.1, -0.05) is 22.9 Å². The van der Waals surface area contributed by atoms with Gasteiger partial charge < -0.3 is 10.1 Å². The summed E-state index contributed by atoms with van der Waals surface area (Å²) in [7, 11) is 0. The van der Waals surface area contributed by atoms with Crippen LogP contribution in [0.1, 0.15) is 37.8 Å². The minimum absolute atomic E-state index is 0.112. The van der Waals surface area contributed by atoms with Crippen LogP contribution >= 0.6 is 15.9 Å². The summed E-state index contributed by atoms with van der Waals surface area (Å²) in [4.78, 5) is 0. The molecule has 1 aromatic carbocycles. The lowest BCUT2D eigenvalue weighted by molar-refractivity contribution is 0.0379. The number of hydrogen-bond donors (Lipinski definition) is 1. The molecule has 0 amide bonds. The second kappa shape index (κ2) is 7.48. The molecule has 2 unspecified atom stereocenters. The summed E-state index contributed by atoms with van der Waals surface area (Å²) in [6.45, 7) is 4.06. The van der Waals surface area contributed by atoms with Gasteiger partial charge in [-0.2, -0.15) is 0 Å². The zero-order valence-corrected chi connectivity index (χ0v) is 13.2. The first-order chi connectivity index (χ1) is 9.63. The third-order valence-corrected chi connectivity index (χ3v) is 4.09. The first-order valence-electron chi connectivity index (χ1n) is 7.09. The van der Waals surface area contributed by atoms with Gasteiger partial charge in [0.2, 0.25) is 0 Å². The van der Waals surface area contributed by atoms with Crippen molar-refractivity contribution in [1.82, 2.24) is 5.32 Å². The third-order valence-electron chi connectivity index (χ3n) is 3.64. The highest BCUT2D eigenvalue weighted by molar-refractivity contribution is 9.10. The topological polar surface area (TPSA) is 21.3 Å². The van der Waals surface area contributed by atoms with E-state index in [4.69, 9.17) is 4.74 Å². The van der Waals surface area contributed by atoms with Crippen molar-refractivity contribution >= 4 is 15.9 Å². The van der Waals surface area contributed by atoms with Crippen LogP contribution in [0.25, 0.3) is 0 Å². The van der Waals surface area contributed by atoms with Gasteiger partial charge in [0.1, 0.15) is 11.6 Å². The smallest absolute Gasteiger partial charge is 0.132 e. The number of benzene rings is 1. The normalized spacial score (nSPS) is 20.9. The molecule has 0 aliphatic carbocycles. The molecule has 1 fully saturated rings. The zero-order chi connectivity index (χ0) is 14.5. The maximum absolute atomic E-state index is 14.2. The summed E-state index contributed by atoms with van der Waals surface area (Å²) in [6, 6.07) is 2.31. The van der Waals surface area contributed by atoms with E-state index in [-0.39, 0.29) is 17.5 Å². The molecule has 0 saturated carbocycles. The quantitative estimate of drug-likeness (QED) is 0.861. The van der Waals surface area contributed by atoms with Crippen LogP contribution in [0.15, 0.2) is 16.6 Å². The molecule has 2 nitrogen and oxygen atoms in total. The van der Waals surface area contributed by atoms with Crippen molar-refractivity contribution < 1.29 is 13.5 Å². The van der Waals surface area contributed by atoms with E-state index >= 15 is 0 Å². The summed E-state index contributed by atoms with van der Waals surface area (Å²) in [5, 5.41) is 3.28. The lowest BCUT2D eigenvalue weighted by Gasteiger charge is -2.31. The fourth-order valence-electron chi connectivity index (χ4n) is 2.68. The molecule has 1 saturated heterocycles. The van der Waals surface area contributed by atoms with Crippen molar-refractivity contribution in [2.75, 3.05) is 19.8 Å². The Kier molecular flexibility index (Phi) is 5.93. The lowest BCUT2D eigenvalue weighted by atomic mass is 9.88. The third kappa shape index (κ3) is 3.77. The first-order valence-corrected chi connectivity index (χ1v) is 7.88. The van der Waals surface area contributed by atoms with Crippen molar-refractivity contribution in [3.63, 3.8) is 0 Å². The average molecular weight is 348 g/mol. The predicted octanol–water partition coefficient (Wildman–Crippen LogP) is 4.19. The van der Waals surface area contributed by atoms with E-state index in [2.05, 4.69) is 21.2 Å². The Morgan fingerprint density at radius 3 is 2.65 bits per heavy atom. The van der Waals surface area contributed by atoms with Crippen LogP contribution in [0.2, 0.25) is 0 Å². The van der Waals surface area contributed by atoms with Gasteiger partial charge >= 0.3 is 0 Å². The molecule has 20 heavy (non-hydrogen) atoms. The van der Waals surface area contributed by atoms with E-state index in [9.17, 15) is 8.78 Å². The van der Waals surface area contributed by atoms with Gasteiger partial charge in [0.25, 0.3) is 0 Å². The summed E-state index contributed by atoms with van der Waals surface area (Å²) in [5.41, 5.74) is 0.136. The molecule has 0 spiro atoms. The maximum Gasteiger partial charge on any atom is 0.132 e. The Morgan fingerprint density at radius 2 is 2.10 bits per heavy atom. The fraction of sp³-hybridized carbons (Fsp3) is 0.600.